The first-order valence-corrected chi connectivity index (χ1v) is 7.93. The number of hydrogen-bond acceptors (Lipinski definition) is 1. The topological polar surface area (TPSA) is 29.1 Å². The van der Waals surface area contributed by atoms with E-state index in [2.05, 4.69) is 26.1 Å². The summed E-state index contributed by atoms with van der Waals surface area (Å²) in [6, 6.07) is 0. The van der Waals surface area contributed by atoms with Gasteiger partial charge in [0.25, 0.3) is 0 Å². The van der Waals surface area contributed by atoms with Crippen molar-refractivity contribution in [2.24, 2.45) is 5.92 Å². The Kier molecular flexibility index (Phi) is 12.5. The quantitative estimate of drug-likeness (QED) is 0.504. The van der Waals surface area contributed by atoms with Crippen LogP contribution in [0.3, 0.4) is 0 Å². The third kappa shape index (κ3) is 13.5. The molecule has 0 aliphatic rings. The molecule has 0 saturated carbocycles. The van der Waals surface area contributed by atoms with E-state index in [0.29, 0.717) is 0 Å². The maximum Gasteiger partial charge on any atom is 0.219 e. The minimum atomic E-state index is 0.246. The molecule has 0 aromatic carbocycles. The monoisotopic (exact) mass is 255 g/mol. The molecule has 0 aliphatic heterocycles. The summed E-state index contributed by atoms with van der Waals surface area (Å²) in [6.07, 6.45) is 11.8. The second-order valence-electron chi connectivity index (χ2n) is 5.76. The fourth-order valence-electron chi connectivity index (χ4n) is 2.06. The number of rotatable bonds is 12. The third-order valence-corrected chi connectivity index (χ3v) is 3.29. The normalized spacial score (nSPS) is 10.9. The summed E-state index contributed by atoms with van der Waals surface area (Å²) < 4.78 is 0. The lowest BCUT2D eigenvalue weighted by molar-refractivity contribution is -0.121. The SMILES string of the molecule is CCCCCCCC(=O)NCCCCCC(C)C. The number of unbranched alkanes of at least 4 members (excludes halogenated alkanes) is 6. The number of carbonyl (C=O) groups is 1. The summed E-state index contributed by atoms with van der Waals surface area (Å²) in [5.41, 5.74) is 0. The lowest BCUT2D eigenvalue weighted by Gasteiger charge is -2.06. The highest BCUT2D eigenvalue weighted by molar-refractivity contribution is 5.75. The van der Waals surface area contributed by atoms with Gasteiger partial charge in [0.15, 0.2) is 0 Å². The first kappa shape index (κ1) is 17.5. The van der Waals surface area contributed by atoms with Gasteiger partial charge >= 0.3 is 0 Å². The van der Waals surface area contributed by atoms with E-state index in [4.69, 9.17) is 0 Å². The van der Waals surface area contributed by atoms with Crippen LogP contribution in [0.5, 0.6) is 0 Å². The van der Waals surface area contributed by atoms with E-state index >= 15 is 0 Å². The molecule has 0 fully saturated rings. The molecule has 2 nitrogen and oxygen atoms in total. The molecule has 0 aliphatic carbocycles. The summed E-state index contributed by atoms with van der Waals surface area (Å²) in [5, 5.41) is 3.02. The molecule has 0 aromatic rings. The summed E-state index contributed by atoms with van der Waals surface area (Å²) in [7, 11) is 0. The predicted molar refractivity (Wildman–Crippen MR) is 79.7 cm³/mol. The second kappa shape index (κ2) is 12.9. The molecule has 0 saturated heterocycles. The van der Waals surface area contributed by atoms with E-state index in [-0.39, 0.29) is 5.91 Å². The standard InChI is InChI=1S/C16H33NO/c1-4-5-6-7-10-13-16(18)17-14-11-8-9-12-15(2)3/h15H,4-14H2,1-3H3,(H,17,18). The van der Waals surface area contributed by atoms with Gasteiger partial charge in [0.2, 0.25) is 5.91 Å². The zero-order valence-electron chi connectivity index (χ0n) is 12.8. The molecule has 0 rings (SSSR count). The number of hydrogen-bond donors (Lipinski definition) is 1. The fraction of sp³-hybridized carbons (Fsp3) is 0.938. The molecule has 0 unspecified atom stereocenters. The first-order valence-electron chi connectivity index (χ1n) is 7.93. The Balaban J connectivity index is 3.17. The van der Waals surface area contributed by atoms with Crippen molar-refractivity contribution < 1.29 is 4.79 Å². The highest BCUT2D eigenvalue weighted by Gasteiger charge is 2.00. The lowest BCUT2D eigenvalue weighted by atomic mass is 10.1. The maximum absolute atomic E-state index is 11.5. The van der Waals surface area contributed by atoms with Crippen LogP contribution in [0, 0.1) is 5.92 Å². The largest absolute Gasteiger partial charge is 0.356 e. The minimum absolute atomic E-state index is 0.246. The first-order chi connectivity index (χ1) is 8.66. The van der Waals surface area contributed by atoms with Gasteiger partial charge in [-0.1, -0.05) is 65.7 Å². The van der Waals surface area contributed by atoms with Gasteiger partial charge in [0.1, 0.15) is 0 Å². The summed E-state index contributed by atoms with van der Waals surface area (Å²) >= 11 is 0. The Hall–Kier alpha value is -0.530. The molecule has 0 heterocycles. The Morgan fingerprint density at radius 1 is 0.944 bits per heavy atom. The van der Waals surface area contributed by atoms with Crippen LogP contribution in [0.25, 0.3) is 0 Å². The van der Waals surface area contributed by atoms with Crippen molar-refractivity contribution in [1.82, 2.24) is 5.32 Å². The average molecular weight is 255 g/mol. The molecule has 0 bridgehead atoms. The Bertz CT molecular complexity index is 190. The van der Waals surface area contributed by atoms with Crippen LogP contribution in [0.2, 0.25) is 0 Å². The molecule has 0 aromatic heterocycles. The summed E-state index contributed by atoms with van der Waals surface area (Å²) in [6.45, 7) is 7.61. The number of amides is 1. The Labute approximate surface area is 114 Å². The molecule has 1 N–H and O–H groups in total. The van der Waals surface area contributed by atoms with Gasteiger partial charge in [-0.3, -0.25) is 4.79 Å². The van der Waals surface area contributed by atoms with Gasteiger partial charge < -0.3 is 5.32 Å². The van der Waals surface area contributed by atoms with Gasteiger partial charge in [0, 0.05) is 13.0 Å². The van der Waals surface area contributed by atoms with E-state index in [1.807, 2.05) is 0 Å². The molecule has 1 amide bonds. The predicted octanol–water partition coefficient (Wildman–Crippen LogP) is 4.68. The zero-order valence-corrected chi connectivity index (χ0v) is 12.8. The summed E-state index contributed by atoms with van der Waals surface area (Å²) in [4.78, 5) is 11.5. The van der Waals surface area contributed by atoms with E-state index in [1.165, 1.54) is 44.9 Å². The van der Waals surface area contributed by atoms with Crippen molar-refractivity contribution in [1.29, 1.82) is 0 Å². The van der Waals surface area contributed by atoms with Gasteiger partial charge in [-0.15, -0.1) is 0 Å². The van der Waals surface area contributed by atoms with Crippen molar-refractivity contribution in [3.8, 4) is 0 Å². The van der Waals surface area contributed by atoms with E-state index < -0.39 is 0 Å². The third-order valence-electron chi connectivity index (χ3n) is 3.29. The highest BCUT2D eigenvalue weighted by atomic mass is 16.1. The van der Waals surface area contributed by atoms with Gasteiger partial charge in [-0.25, -0.2) is 0 Å². The van der Waals surface area contributed by atoms with E-state index in [0.717, 1.165) is 31.7 Å². The van der Waals surface area contributed by atoms with Crippen molar-refractivity contribution in [3.63, 3.8) is 0 Å². The van der Waals surface area contributed by atoms with Gasteiger partial charge in [0.05, 0.1) is 0 Å². The molecule has 0 atom stereocenters. The van der Waals surface area contributed by atoms with Crippen LogP contribution in [0.1, 0.15) is 85.0 Å². The van der Waals surface area contributed by atoms with Crippen molar-refractivity contribution in [3.05, 3.63) is 0 Å². The van der Waals surface area contributed by atoms with Crippen molar-refractivity contribution in [2.45, 2.75) is 85.0 Å². The van der Waals surface area contributed by atoms with Crippen LogP contribution in [-0.2, 0) is 4.79 Å². The molecule has 18 heavy (non-hydrogen) atoms. The summed E-state index contributed by atoms with van der Waals surface area (Å²) in [5.74, 6) is 1.05. The van der Waals surface area contributed by atoms with E-state index in [9.17, 15) is 4.79 Å². The molecule has 0 spiro atoms. The smallest absolute Gasteiger partial charge is 0.219 e. The molecular formula is C16H33NO. The van der Waals surface area contributed by atoms with Crippen LogP contribution in [-0.4, -0.2) is 12.5 Å². The zero-order chi connectivity index (χ0) is 13.6. The fourth-order valence-corrected chi connectivity index (χ4v) is 2.06. The Morgan fingerprint density at radius 2 is 1.61 bits per heavy atom. The number of nitrogens with one attached hydrogen (secondary N) is 1. The molecular weight excluding hydrogens is 222 g/mol. The highest BCUT2D eigenvalue weighted by Crippen LogP contribution is 2.07. The van der Waals surface area contributed by atoms with Crippen LogP contribution < -0.4 is 5.32 Å². The van der Waals surface area contributed by atoms with Crippen LogP contribution in [0.4, 0.5) is 0 Å². The average Bonchev–Trinajstić information content (AvgIpc) is 2.33. The van der Waals surface area contributed by atoms with Crippen molar-refractivity contribution >= 4 is 5.91 Å². The minimum Gasteiger partial charge on any atom is -0.356 e. The Morgan fingerprint density at radius 3 is 2.28 bits per heavy atom. The lowest BCUT2D eigenvalue weighted by Crippen LogP contribution is -2.23. The van der Waals surface area contributed by atoms with Crippen LogP contribution >= 0.6 is 0 Å². The molecule has 108 valence electrons. The van der Waals surface area contributed by atoms with E-state index in [1.54, 1.807) is 0 Å². The van der Waals surface area contributed by atoms with Gasteiger partial charge in [-0.2, -0.15) is 0 Å². The van der Waals surface area contributed by atoms with Crippen LogP contribution in [0.15, 0.2) is 0 Å². The number of carbonyl (C=O) groups excluding carboxylic acids is 1. The van der Waals surface area contributed by atoms with Gasteiger partial charge in [-0.05, 0) is 18.8 Å². The van der Waals surface area contributed by atoms with Crippen molar-refractivity contribution in [2.75, 3.05) is 6.54 Å². The maximum atomic E-state index is 11.5. The second-order valence-corrected chi connectivity index (χ2v) is 5.76. The molecule has 0 radical (unpaired) electrons. The molecule has 2 heteroatoms.